The van der Waals surface area contributed by atoms with Crippen molar-refractivity contribution in [3.05, 3.63) is 0 Å². The second-order valence-electron chi connectivity index (χ2n) is 6.06. The Balaban J connectivity index is 1.65. The van der Waals surface area contributed by atoms with Gasteiger partial charge < -0.3 is 4.90 Å². The van der Waals surface area contributed by atoms with Gasteiger partial charge in [0.1, 0.15) is 5.84 Å². The molecule has 0 aromatic heterocycles. The molecule has 0 bridgehead atoms. The van der Waals surface area contributed by atoms with Crippen LogP contribution in [-0.4, -0.2) is 29.9 Å². The molecule has 0 unspecified atom stereocenters. The quantitative estimate of drug-likeness (QED) is 0.712. The highest BCUT2D eigenvalue weighted by Gasteiger charge is 2.31. The Morgan fingerprint density at radius 3 is 2.18 bits per heavy atom. The number of rotatable bonds is 2. The fraction of sp³-hybridized carbons (Fsp3) is 0.933. The molecule has 0 N–H and O–H groups in total. The molecule has 1 aliphatic heterocycles. The van der Waals surface area contributed by atoms with Gasteiger partial charge in [-0.15, -0.1) is 0 Å². The van der Waals surface area contributed by atoms with Gasteiger partial charge in [-0.25, -0.2) is 0 Å². The fourth-order valence-corrected chi connectivity index (χ4v) is 3.96. The summed E-state index contributed by atoms with van der Waals surface area (Å²) in [5, 5.41) is 0. The van der Waals surface area contributed by atoms with Crippen molar-refractivity contribution in [1.82, 2.24) is 4.90 Å². The third-order valence-corrected chi connectivity index (χ3v) is 4.89. The van der Waals surface area contributed by atoms with Crippen LogP contribution in [0.25, 0.3) is 0 Å². The molecule has 0 aromatic carbocycles. The molecule has 2 nitrogen and oxygen atoms in total. The first kappa shape index (κ1) is 11.6. The maximum atomic E-state index is 4.86. The highest BCUT2D eigenvalue weighted by atomic mass is 15.3. The van der Waals surface area contributed by atoms with Crippen molar-refractivity contribution in [2.75, 3.05) is 13.1 Å². The SMILES string of the molecule is C1CCC(C2=NCCN2C2CCCCC2)CC1. The van der Waals surface area contributed by atoms with Crippen LogP contribution in [0.5, 0.6) is 0 Å². The fourth-order valence-electron chi connectivity index (χ4n) is 3.96. The van der Waals surface area contributed by atoms with Gasteiger partial charge in [-0.3, -0.25) is 4.99 Å². The van der Waals surface area contributed by atoms with Gasteiger partial charge in [0, 0.05) is 18.5 Å². The Hall–Kier alpha value is -0.530. The van der Waals surface area contributed by atoms with Crippen molar-refractivity contribution >= 4 is 5.84 Å². The largest absolute Gasteiger partial charge is 0.355 e. The van der Waals surface area contributed by atoms with E-state index in [-0.39, 0.29) is 0 Å². The number of hydrogen-bond acceptors (Lipinski definition) is 2. The lowest BCUT2D eigenvalue weighted by atomic mass is 9.86. The molecule has 2 aliphatic carbocycles. The minimum Gasteiger partial charge on any atom is -0.355 e. The van der Waals surface area contributed by atoms with E-state index in [2.05, 4.69) is 4.90 Å². The molecule has 2 fully saturated rings. The number of amidine groups is 1. The average molecular weight is 234 g/mol. The van der Waals surface area contributed by atoms with Crippen LogP contribution in [0.3, 0.4) is 0 Å². The molecule has 17 heavy (non-hydrogen) atoms. The zero-order valence-electron chi connectivity index (χ0n) is 11.0. The molecule has 0 aromatic rings. The van der Waals surface area contributed by atoms with Gasteiger partial charge in [-0.1, -0.05) is 38.5 Å². The maximum Gasteiger partial charge on any atom is 0.102 e. The van der Waals surface area contributed by atoms with Crippen molar-refractivity contribution in [3.63, 3.8) is 0 Å². The van der Waals surface area contributed by atoms with Gasteiger partial charge in [0.15, 0.2) is 0 Å². The molecular formula is C15H26N2. The summed E-state index contributed by atoms with van der Waals surface area (Å²) in [4.78, 5) is 7.56. The third kappa shape index (κ3) is 2.51. The summed E-state index contributed by atoms with van der Waals surface area (Å²) in [6.07, 6.45) is 14.3. The molecule has 96 valence electrons. The summed E-state index contributed by atoms with van der Waals surface area (Å²) in [5.74, 6) is 2.32. The molecule has 0 amide bonds. The van der Waals surface area contributed by atoms with Crippen LogP contribution in [0.15, 0.2) is 4.99 Å². The van der Waals surface area contributed by atoms with E-state index in [0.29, 0.717) is 0 Å². The first-order valence-corrected chi connectivity index (χ1v) is 7.76. The summed E-state index contributed by atoms with van der Waals surface area (Å²) in [6.45, 7) is 2.29. The molecule has 2 saturated carbocycles. The van der Waals surface area contributed by atoms with Crippen LogP contribution in [0.1, 0.15) is 64.2 Å². The van der Waals surface area contributed by atoms with Crippen LogP contribution in [0.2, 0.25) is 0 Å². The molecular weight excluding hydrogens is 208 g/mol. The van der Waals surface area contributed by atoms with E-state index in [4.69, 9.17) is 4.99 Å². The van der Waals surface area contributed by atoms with Crippen LogP contribution in [0, 0.1) is 5.92 Å². The Kier molecular flexibility index (Phi) is 3.68. The van der Waals surface area contributed by atoms with Crippen molar-refractivity contribution in [2.24, 2.45) is 10.9 Å². The lowest BCUT2D eigenvalue weighted by molar-refractivity contribution is 0.245. The van der Waals surface area contributed by atoms with Gasteiger partial charge in [0.2, 0.25) is 0 Å². The van der Waals surface area contributed by atoms with Gasteiger partial charge in [0.05, 0.1) is 6.54 Å². The smallest absolute Gasteiger partial charge is 0.102 e. The molecule has 0 atom stereocenters. The van der Waals surface area contributed by atoms with Crippen molar-refractivity contribution in [3.8, 4) is 0 Å². The number of nitrogens with zero attached hydrogens (tertiary/aromatic N) is 2. The van der Waals surface area contributed by atoms with Gasteiger partial charge in [0.25, 0.3) is 0 Å². The van der Waals surface area contributed by atoms with E-state index in [9.17, 15) is 0 Å². The summed E-state index contributed by atoms with van der Waals surface area (Å²) >= 11 is 0. The predicted octanol–water partition coefficient (Wildman–Crippen LogP) is 3.61. The Bertz CT molecular complexity index is 273. The summed E-state index contributed by atoms with van der Waals surface area (Å²) in [5.41, 5.74) is 0. The zero-order valence-corrected chi connectivity index (χ0v) is 11.0. The monoisotopic (exact) mass is 234 g/mol. The highest BCUT2D eigenvalue weighted by Crippen LogP contribution is 2.31. The summed E-state index contributed by atoms with van der Waals surface area (Å²) in [6, 6.07) is 0.840. The van der Waals surface area contributed by atoms with Gasteiger partial charge in [-0.05, 0) is 25.7 Å². The van der Waals surface area contributed by atoms with Crippen molar-refractivity contribution in [2.45, 2.75) is 70.3 Å². The molecule has 3 rings (SSSR count). The van der Waals surface area contributed by atoms with Crippen molar-refractivity contribution in [1.29, 1.82) is 0 Å². The van der Waals surface area contributed by atoms with Gasteiger partial charge >= 0.3 is 0 Å². The summed E-state index contributed by atoms with van der Waals surface area (Å²) < 4.78 is 0. The minimum absolute atomic E-state index is 0.813. The number of hydrogen-bond donors (Lipinski definition) is 0. The first-order valence-electron chi connectivity index (χ1n) is 7.76. The second kappa shape index (κ2) is 5.41. The Morgan fingerprint density at radius 2 is 1.47 bits per heavy atom. The van der Waals surface area contributed by atoms with E-state index in [1.54, 1.807) is 0 Å². The lowest BCUT2D eigenvalue weighted by Crippen LogP contribution is -2.42. The third-order valence-electron chi connectivity index (χ3n) is 4.89. The van der Waals surface area contributed by atoms with E-state index in [0.717, 1.165) is 18.5 Å². The minimum atomic E-state index is 0.813. The van der Waals surface area contributed by atoms with E-state index in [1.807, 2.05) is 0 Å². The van der Waals surface area contributed by atoms with E-state index in [1.165, 1.54) is 76.6 Å². The van der Waals surface area contributed by atoms with Crippen LogP contribution in [0.4, 0.5) is 0 Å². The first-order chi connectivity index (χ1) is 8.45. The van der Waals surface area contributed by atoms with Crippen LogP contribution < -0.4 is 0 Å². The van der Waals surface area contributed by atoms with E-state index < -0.39 is 0 Å². The summed E-state index contributed by atoms with van der Waals surface area (Å²) in [7, 11) is 0. The Morgan fingerprint density at radius 1 is 0.824 bits per heavy atom. The second-order valence-corrected chi connectivity index (χ2v) is 6.06. The maximum absolute atomic E-state index is 4.86. The molecule has 1 heterocycles. The van der Waals surface area contributed by atoms with Crippen LogP contribution >= 0.6 is 0 Å². The standard InChI is InChI=1S/C15H26N2/c1-3-7-13(8-4-1)15-16-11-12-17(15)14-9-5-2-6-10-14/h13-14H,1-12H2. The zero-order chi connectivity index (χ0) is 11.5. The number of aliphatic imine (C=N–C) groups is 1. The predicted molar refractivity (Wildman–Crippen MR) is 72.5 cm³/mol. The lowest BCUT2D eigenvalue weighted by Gasteiger charge is -2.37. The normalized spacial score (nSPS) is 28.5. The Labute approximate surface area is 105 Å². The van der Waals surface area contributed by atoms with E-state index >= 15 is 0 Å². The van der Waals surface area contributed by atoms with Crippen molar-refractivity contribution < 1.29 is 0 Å². The highest BCUT2D eigenvalue weighted by molar-refractivity contribution is 5.86. The molecule has 2 heteroatoms. The average Bonchev–Trinajstić information content (AvgIpc) is 2.90. The molecule has 0 spiro atoms. The molecule has 0 saturated heterocycles. The molecule has 3 aliphatic rings. The van der Waals surface area contributed by atoms with Gasteiger partial charge in [-0.2, -0.15) is 0 Å². The molecule has 0 radical (unpaired) electrons. The van der Waals surface area contributed by atoms with Crippen LogP contribution in [-0.2, 0) is 0 Å². The topological polar surface area (TPSA) is 15.6 Å².